The highest BCUT2D eigenvalue weighted by Crippen LogP contribution is 2.60. The van der Waals surface area contributed by atoms with E-state index in [1.165, 1.54) is 36.4 Å². The second kappa shape index (κ2) is 25.0. The standard InChI is InChI=1S/C90H60F4N2O2/c1-3-59-21-47-73(48-22-59)97-75-51-29-63(30-52-75)89(83-17-9-11-19-87(83)93)81-15-7-5-13-77(81)79-55-45-71(57-85(79)89)95(69-41-33-65(91)34-42-69)67-37-25-61(26-38-67)62-27-39-68(40-28-62)96(70-43-35-66(92)36-44-70)72-46-56-80-78-14-6-8-16-82(78)90(86(80)58-72,84-18-10-12-20-88(84)94)64-31-53-76(54-32-64)98-74-49-23-60(4-2)24-50-74/h3-58H,1-2H2. The predicted octanol–water partition coefficient (Wildman–Crippen LogP) is 24.4. The van der Waals surface area contributed by atoms with Crippen molar-refractivity contribution >= 4 is 46.3 Å². The minimum Gasteiger partial charge on any atom is -0.457 e. The molecule has 0 N–H and O–H groups in total. The van der Waals surface area contributed by atoms with Gasteiger partial charge >= 0.3 is 0 Å². The van der Waals surface area contributed by atoms with E-state index in [2.05, 4.69) is 132 Å². The Morgan fingerprint density at radius 1 is 0.265 bits per heavy atom. The number of fused-ring (bicyclic) bond motifs is 6. The summed E-state index contributed by atoms with van der Waals surface area (Å²) in [5, 5.41) is 0. The normalized spacial score (nSPS) is 14.7. The molecular weight excluding hydrogens is 1220 g/mol. The van der Waals surface area contributed by atoms with Gasteiger partial charge in [-0.1, -0.05) is 195 Å². The lowest BCUT2D eigenvalue weighted by Gasteiger charge is -2.35. The van der Waals surface area contributed by atoms with E-state index < -0.39 is 10.8 Å². The molecule has 14 aromatic rings. The molecule has 0 fully saturated rings. The van der Waals surface area contributed by atoms with Crippen LogP contribution in [0, 0.1) is 23.3 Å². The molecule has 0 bridgehead atoms. The van der Waals surface area contributed by atoms with Crippen LogP contribution in [-0.2, 0) is 10.8 Å². The lowest BCUT2D eigenvalue weighted by atomic mass is 9.67. The fourth-order valence-corrected chi connectivity index (χ4v) is 14.7. The number of hydrogen-bond donors (Lipinski definition) is 0. The molecule has 4 nitrogen and oxygen atoms in total. The first kappa shape index (κ1) is 60.4. The maximum atomic E-state index is 17.0. The zero-order chi connectivity index (χ0) is 66.5. The minimum atomic E-state index is -1.11. The first-order valence-electron chi connectivity index (χ1n) is 32.4. The Hall–Kier alpha value is -12.5. The van der Waals surface area contributed by atoms with Crippen LogP contribution >= 0.6 is 0 Å². The topological polar surface area (TPSA) is 24.9 Å². The van der Waals surface area contributed by atoms with E-state index in [0.717, 1.165) is 112 Å². The van der Waals surface area contributed by atoms with Crippen LogP contribution in [0.5, 0.6) is 23.0 Å². The van der Waals surface area contributed by atoms with Crippen LogP contribution in [-0.4, -0.2) is 0 Å². The molecule has 2 aliphatic carbocycles. The lowest BCUT2D eigenvalue weighted by Crippen LogP contribution is -2.30. The van der Waals surface area contributed by atoms with Gasteiger partial charge in [0.25, 0.3) is 0 Å². The summed E-state index contributed by atoms with van der Waals surface area (Å²) in [6.07, 6.45) is 3.57. The number of anilines is 6. The Morgan fingerprint density at radius 2 is 0.551 bits per heavy atom. The van der Waals surface area contributed by atoms with Gasteiger partial charge in [0.05, 0.1) is 10.8 Å². The van der Waals surface area contributed by atoms with Gasteiger partial charge in [-0.15, -0.1) is 0 Å². The molecule has 14 aromatic carbocycles. The molecule has 0 spiro atoms. The molecule has 0 aliphatic heterocycles. The van der Waals surface area contributed by atoms with Crippen molar-refractivity contribution in [2.75, 3.05) is 9.80 Å². The van der Waals surface area contributed by atoms with Gasteiger partial charge in [-0.25, -0.2) is 17.6 Å². The molecule has 2 unspecified atom stereocenters. The summed E-state index contributed by atoms with van der Waals surface area (Å²) in [6.45, 7) is 7.76. The number of nitrogens with zero attached hydrogens (tertiary/aromatic N) is 2. The molecule has 0 amide bonds. The van der Waals surface area contributed by atoms with Crippen LogP contribution in [0.3, 0.4) is 0 Å². The molecule has 8 heteroatoms. The van der Waals surface area contributed by atoms with Crippen molar-refractivity contribution in [2.24, 2.45) is 0 Å². The van der Waals surface area contributed by atoms with Gasteiger partial charge in [0.1, 0.15) is 46.3 Å². The number of hydrogen-bond acceptors (Lipinski definition) is 4. The van der Waals surface area contributed by atoms with E-state index in [0.29, 0.717) is 34.1 Å². The zero-order valence-electron chi connectivity index (χ0n) is 53.0. The average Bonchev–Trinajstić information content (AvgIpc) is 1.53. The Balaban J connectivity index is 0.767. The average molecular weight is 1280 g/mol. The third-order valence-corrected chi connectivity index (χ3v) is 19.2. The maximum Gasteiger partial charge on any atom is 0.127 e. The highest BCUT2D eigenvalue weighted by Gasteiger charge is 2.49. The lowest BCUT2D eigenvalue weighted by molar-refractivity contribution is 0.482. The van der Waals surface area contributed by atoms with Crippen LogP contribution in [0.4, 0.5) is 51.7 Å². The van der Waals surface area contributed by atoms with Gasteiger partial charge < -0.3 is 19.3 Å². The third-order valence-electron chi connectivity index (χ3n) is 19.2. The van der Waals surface area contributed by atoms with Gasteiger partial charge in [-0.3, -0.25) is 0 Å². The third kappa shape index (κ3) is 10.4. The van der Waals surface area contributed by atoms with Crippen LogP contribution in [0.1, 0.15) is 55.6 Å². The quantitative estimate of drug-likeness (QED) is 0.0849. The summed E-state index contributed by atoms with van der Waals surface area (Å²) >= 11 is 0. The van der Waals surface area contributed by atoms with Crippen LogP contribution < -0.4 is 19.3 Å². The first-order valence-corrected chi connectivity index (χ1v) is 32.4. The molecule has 0 saturated carbocycles. The number of rotatable bonds is 17. The van der Waals surface area contributed by atoms with Gasteiger partial charge in [0.15, 0.2) is 0 Å². The van der Waals surface area contributed by atoms with E-state index in [4.69, 9.17) is 9.47 Å². The zero-order valence-corrected chi connectivity index (χ0v) is 53.0. The Labute approximate surface area is 566 Å². The van der Waals surface area contributed by atoms with Crippen molar-refractivity contribution in [1.82, 2.24) is 0 Å². The summed E-state index contributed by atoms with van der Waals surface area (Å²) in [5.74, 6) is 1.18. The summed E-state index contributed by atoms with van der Waals surface area (Å²) in [6, 6.07) is 104. The van der Waals surface area contributed by atoms with Crippen molar-refractivity contribution < 1.29 is 27.0 Å². The van der Waals surface area contributed by atoms with Crippen LogP contribution in [0.25, 0.3) is 45.5 Å². The van der Waals surface area contributed by atoms with E-state index in [1.807, 2.05) is 146 Å². The summed E-state index contributed by atoms with van der Waals surface area (Å²) < 4.78 is 76.6. The number of ether oxygens (including phenoxy) is 2. The van der Waals surface area contributed by atoms with Crippen molar-refractivity contribution in [3.05, 3.63) is 420 Å². The predicted molar refractivity (Wildman–Crippen MR) is 389 cm³/mol. The van der Waals surface area contributed by atoms with Crippen LogP contribution in [0.2, 0.25) is 0 Å². The molecular formula is C90H60F4N2O2. The maximum absolute atomic E-state index is 17.0. The Bertz CT molecular complexity index is 4990. The fraction of sp³-hybridized carbons (Fsp3) is 0.0222. The van der Waals surface area contributed by atoms with Crippen molar-refractivity contribution in [1.29, 1.82) is 0 Å². The Kier molecular flexibility index (Phi) is 15.4. The molecule has 0 heterocycles. The molecule has 2 atom stereocenters. The number of halogens is 4. The van der Waals surface area contributed by atoms with E-state index >= 15 is 8.78 Å². The summed E-state index contributed by atoms with van der Waals surface area (Å²) in [4.78, 5) is 4.20. The first-order chi connectivity index (χ1) is 48.1. The Morgan fingerprint density at radius 3 is 0.888 bits per heavy atom. The summed E-state index contributed by atoms with van der Waals surface area (Å²) in [5.41, 5.74) is 16.4. The molecule has 2 aliphatic rings. The number of benzene rings is 14. The highest BCUT2D eigenvalue weighted by molar-refractivity contribution is 5.92. The van der Waals surface area contributed by atoms with Crippen molar-refractivity contribution in [2.45, 2.75) is 10.8 Å². The second-order valence-electron chi connectivity index (χ2n) is 24.5. The van der Waals surface area contributed by atoms with Crippen molar-refractivity contribution in [3.8, 4) is 56.4 Å². The summed E-state index contributed by atoms with van der Waals surface area (Å²) in [7, 11) is 0. The van der Waals surface area contributed by atoms with Gasteiger partial charge in [0.2, 0.25) is 0 Å². The molecule has 98 heavy (non-hydrogen) atoms. The van der Waals surface area contributed by atoms with Crippen LogP contribution in [0.15, 0.2) is 341 Å². The van der Waals surface area contributed by atoms with E-state index in [-0.39, 0.29) is 23.3 Å². The van der Waals surface area contributed by atoms with Gasteiger partial charge in [-0.05, 0) is 236 Å². The monoisotopic (exact) mass is 1280 g/mol. The largest absolute Gasteiger partial charge is 0.457 e. The van der Waals surface area contributed by atoms with Gasteiger partial charge in [-0.2, -0.15) is 0 Å². The fourth-order valence-electron chi connectivity index (χ4n) is 14.7. The molecule has 16 rings (SSSR count). The van der Waals surface area contributed by atoms with E-state index in [9.17, 15) is 8.78 Å². The molecule has 0 saturated heterocycles. The molecule has 0 aromatic heterocycles. The van der Waals surface area contributed by atoms with E-state index in [1.54, 1.807) is 48.6 Å². The van der Waals surface area contributed by atoms with Gasteiger partial charge in [0, 0.05) is 45.3 Å². The molecule has 0 radical (unpaired) electrons. The second-order valence-corrected chi connectivity index (χ2v) is 24.5. The minimum absolute atomic E-state index is 0.347. The smallest absolute Gasteiger partial charge is 0.127 e. The SMILES string of the molecule is C=Cc1ccc(Oc2ccc(C3(c4ccccc4F)c4ccccc4-c4ccc(N(c5ccc(F)cc5)c5ccc(-c6ccc(N(c7ccc(F)cc7)c7ccc8c(c7)C(c7ccc(Oc9ccc(C=C)cc9)cc7)(c7ccccc7F)c7ccccc7-8)cc6)cc5)cc43)cc2)cc1. The highest BCUT2D eigenvalue weighted by atomic mass is 19.1. The van der Waals surface area contributed by atoms with Crippen molar-refractivity contribution in [3.63, 3.8) is 0 Å². The molecule has 470 valence electrons.